The van der Waals surface area contributed by atoms with E-state index in [0.29, 0.717) is 29.5 Å². The van der Waals surface area contributed by atoms with Gasteiger partial charge < -0.3 is 19.9 Å². The second kappa shape index (κ2) is 7.91. The molecule has 0 bridgehead atoms. The fourth-order valence-electron chi connectivity index (χ4n) is 5.15. The molecule has 0 aliphatic carbocycles. The smallest absolute Gasteiger partial charge is 0.309 e. The molecule has 33 heavy (non-hydrogen) atoms. The molecule has 9 nitrogen and oxygen atoms in total. The van der Waals surface area contributed by atoms with Gasteiger partial charge in [0.1, 0.15) is 23.0 Å². The van der Waals surface area contributed by atoms with Gasteiger partial charge in [0.2, 0.25) is 0 Å². The Balaban J connectivity index is 1.19. The summed E-state index contributed by atoms with van der Waals surface area (Å²) in [5, 5.41) is 6.76. The molecule has 0 spiro atoms. The first-order chi connectivity index (χ1) is 16.1. The van der Waals surface area contributed by atoms with E-state index in [2.05, 4.69) is 38.3 Å². The Kier molecular flexibility index (Phi) is 4.86. The molecule has 0 saturated carbocycles. The molecule has 1 saturated heterocycles. The van der Waals surface area contributed by atoms with Crippen LogP contribution in [0.5, 0.6) is 0 Å². The summed E-state index contributed by atoms with van der Waals surface area (Å²) in [4.78, 5) is 34.6. The van der Waals surface area contributed by atoms with Crippen molar-refractivity contribution in [2.24, 2.45) is 16.8 Å². The van der Waals surface area contributed by atoms with Crippen molar-refractivity contribution in [3.8, 4) is 0 Å². The van der Waals surface area contributed by atoms with Crippen LogP contribution < -0.4 is 10.6 Å². The van der Waals surface area contributed by atoms with Gasteiger partial charge in [-0.2, -0.15) is 0 Å². The van der Waals surface area contributed by atoms with Crippen LogP contribution in [0.1, 0.15) is 53.2 Å². The Morgan fingerprint density at radius 1 is 1.36 bits per heavy atom. The highest BCUT2D eigenvalue weighted by Gasteiger charge is 2.40. The Morgan fingerprint density at radius 2 is 2.27 bits per heavy atom. The molecule has 0 radical (unpaired) electrons. The molecule has 6 heterocycles. The van der Waals surface area contributed by atoms with Crippen molar-refractivity contribution in [3.63, 3.8) is 0 Å². The number of rotatable bonds is 4. The lowest BCUT2D eigenvalue weighted by Gasteiger charge is -2.26. The number of carbonyl (C=O) groups is 2. The zero-order chi connectivity index (χ0) is 22.5. The van der Waals surface area contributed by atoms with Gasteiger partial charge >= 0.3 is 5.84 Å². The fourth-order valence-corrected chi connectivity index (χ4v) is 5.15. The molecular weight excluding hydrogens is 420 g/mol. The van der Waals surface area contributed by atoms with E-state index in [4.69, 9.17) is 4.74 Å². The van der Waals surface area contributed by atoms with Crippen LogP contribution in [0.2, 0.25) is 0 Å². The van der Waals surface area contributed by atoms with Crippen LogP contribution in [0.3, 0.4) is 0 Å². The minimum Gasteiger partial charge on any atom is -0.381 e. The van der Waals surface area contributed by atoms with Crippen molar-refractivity contribution in [2.45, 2.75) is 32.2 Å². The van der Waals surface area contributed by atoms with Crippen LogP contribution >= 0.6 is 0 Å². The van der Waals surface area contributed by atoms with Gasteiger partial charge in [-0.3, -0.25) is 9.59 Å². The molecule has 2 aromatic heterocycles. The van der Waals surface area contributed by atoms with E-state index in [9.17, 15) is 9.59 Å². The molecule has 2 N–H and O–H groups in total. The number of carbonyl (C=O) groups excluding carboxylic acids is 2. The summed E-state index contributed by atoms with van der Waals surface area (Å²) in [5.41, 5.74) is 2.37. The second-order valence-electron chi connectivity index (χ2n) is 9.34. The summed E-state index contributed by atoms with van der Waals surface area (Å²) in [6.07, 6.45) is 6.59. The van der Waals surface area contributed by atoms with Gasteiger partial charge in [0.05, 0.1) is 25.1 Å². The van der Waals surface area contributed by atoms with Gasteiger partial charge in [-0.05, 0) is 38.0 Å². The van der Waals surface area contributed by atoms with Crippen molar-refractivity contribution in [3.05, 3.63) is 41.5 Å². The average molecular weight is 448 g/mol. The van der Waals surface area contributed by atoms with Gasteiger partial charge in [-0.25, -0.2) is 9.56 Å². The number of allylic oxidation sites excluding steroid dienone is 1. The molecule has 3 atom stereocenters. The number of pyridine rings is 1. The summed E-state index contributed by atoms with van der Waals surface area (Å²) in [6, 6.07) is 5.52. The lowest BCUT2D eigenvalue weighted by atomic mass is 9.94. The number of aliphatic imine (C=N–C) groups is 1. The third-order valence-corrected chi connectivity index (χ3v) is 6.97. The van der Waals surface area contributed by atoms with Crippen LogP contribution in [0.25, 0.3) is 11.0 Å². The zero-order valence-corrected chi connectivity index (χ0v) is 18.6. The largest absolute Gasteiger partial charge is 0.381 e. The number of aromatic nitrogens is 2. The number of amides is 2. The van der Waals surface area contributed by atoms with Crippen molar-refractivity contribution in [1.29, 1.82) is 0 Å². The number of amidine groups is 1. The quantitative estimate of drug-likeness (QED) is 0.699. The molecule has 4 aliphatic heterocycles. The van der Waals surface area contributed by atoms with Crippen LogP contribution in [-0.4, -0.2) is 64.3 Å². The number of nitrogens with one attached hydrogen (secondary N) is 2. The maximum absolute atomic E-state index is 13.0. The molecule has 2 amide bonds. The fraction of sp³-hybridized carbons (Fsp3) is 0.458. The van der Waals surface area contributed by atoms with E-state index in [-0.39, 0.29) is 23.8 Å². The predicted octanol–water partition coefficient (Wildman–Crippen LogP) is 1.85. The number of fused-ring (bicyclic) bond motifs is 4. The van der Waals surface area contributed by atoms with E-state index in [1.807, 2.05) is 16.7 Å². The SMILES string of the molecule is CC1CCNC(=O)c2cc3ccc(C(=O)NC4=CN=C5C(C=[N+]5CC5CCOC5)C4)nc3n21. The third kappa shape index (κ3) is 3.56. The molecule has 2 aromatic rings. The summed E-state index contributed by atoms with van der Waals surface area (Å²) >= 11 is 0. The maximum atomic E-state index is 13.0. The minimum absolute atomic E-state index is 0.101. The standard InChI is InChI=1S/C24H26N6O3/c1-14-4-6-25-24(32)20-9-16-2-3-19(28-22(16)30(14)20)23(31)27-18-8-17-12-29(21(17)26-10-18)11-15-5-7-33-13-15/h2-3,9-10,12,14-15,17H,4-8,11,13H2,1H3,(H-,25,27,31,32)/p+1. The highest BCUT2D eigenvalue weighted by Crippen LogP contribution is 2.27. The van der Waals surface area contributed by atoms with E-state index in [0.717, 1.165) is 55.9 Å². The molecule has 3 unspecified atom stereocenters. The Bertz CT molecular complexity index is 1250. The van der Waals surface area contributed by atoms with Gasteiger partial charge in [0, 0.05) is 36.9 Å². The van der Waals surface area contributed by atoms with E-state index in [1.54, 1.807) is 12.3 Å². The van der Waals surface area contributed by atoms with E-state index in [1.165, 1.54) is 0 Å². The molecule has 4 aliphatic rings. The first-order valence-corrected chi connectivity index (χ1v) is 11.6. The van der Waals surface area contributed by atoms with Crippen molar-refractivity contribution >= 4 is 34.9 Å². The van der Waals surface area contributed by atoms with Gasteiger partial charge in [0.25, 0.3) is 11.8 Å². The molecule has 6 rings (SSSR count). The van der Waals surface area contributed by atoms with Crippen molar-refractivity contribution < 1.29 is 18.9 Å². The normalized spacial score (nSPS) is 26.3. The highest BCUT2D eigenvalue weighted by molar-refractivity contribution is 6.02. The number of ether oxygens (including phenoxy) is 1. The predicted molar refractivity (Wildman–Crippen MR) is 123 cm³/mol. The van der Waals surface area contributed by atoms with Gasteiger partial charge in [-0.15, -0.1) is 0 Å². The summed E-state index contributed by atoms with van der Waals surface area (Å²) < 4.78 is 9.62. The lowest BCUT2D eigenvalue weighted by Crippen LogP contribution is -2.46. The molecule has 9 heteroatoms. The van der Waals surface area contributed by atoms with Crippen LogP contribution in [0.15, 0.2) is 35.1 Å². The summed E-state index contributed by atoms with van der Waals surface area (Å²) in [5.74, 6) is 1.51. The third-order valence-electron chi connectivity index (χ3n) is 6.97. The van der Waals surface area contributed by atoms with Crippen molar-refractivity contribution in [2.75, 3.05) is 26.3 Å². The highest BCUT2D eigenvalue weighted by atomic mass is 16.5. The van der Waals surface area contributed by atoms with Crippen molar-refractivity contribution in [1.82, 2.24) is 20.2 Å². The molecule has 1 fully saturated rings. The summed E-state index contributed by atoms with van der Waals surface area (Å²) in [6.45, 7) is 5.32. The van der Waals surface area contributed by atoms with E-state index >= 15 is 0 Å². The Labute approximate surface area is 191 Å². The monoisotopic (exact) mass is 447 g/mol. The maximum Gasteiger partial charge on any atom is 0.309 e. The Hall–Kier alpha value is -3.33. The van der Waals surface area contributed by atoms with Crippen LogP contribution in [0.4, 0.5) is 0 Å². The van der Waals surface area contributed by atoms with Crippen LogP contribution in [0, 0.1) is 11.8 Å². The number of hydrogen-bond acceptors (Lipinski definition) is 5. The number of hydrogen-bond donors (Lipinski definition) is 2. The Morgan fingerprint density at radius 3 is 3.09 bits per heavy atom. The van der Waals surface area contributed by atoms with E-state index < -0.39 is 0 Å². The average Bonchev–Trinajstić information content (AvgIpc) is 3.42. The zero-order valence-electron chi connectivity index (χ0n) is 18.6. The first-order valence-electron chi connectivity index (χ1n) is 11.6. The number of nitrogens with zero attached hydrogens (tertiary/aromatic N) is 4. The van der Waals surface area contributed by atoms with Crippen LogP contribution in [-0.2, 0) is 4.74 Å². The molecule has 0 aromatic carbocycles. The summed E-state index contributed by atoms with van der Waals surface area (Å²) in [7, 11) is 0. The molecular formula is C24H27N6O3+. The van der Waals surface area contributed by atoms with Gasteiger partial charge in [-0.1, -0.05) is 4.99 Å². The molecule has 170 valence electrons. The first kappa shape index (κ1) is 20.3. The minimum atomic E-state index is -0.262. The topological polar surface area (TPSA) is 101 Å². The second-order valence-corrected chi connectivity index (χ2v) is 9.34. The van der Waals surface area contributed by atoms with Gasteiger partial charge in [0.15, 0.2) is 6.20 Å². The lowest BCUT2D eigenvalue weighted by molar-refractivity contribution is -0.437.